The highest BCUT2D eigenvalue weighted by Crippen LogP contribution is 2.08. The highest BCUT2D eigenvalue weighted by atomic mass is 79.9. The number of fused-ring (bicyclic) bond motifs is 1. The SMILES string of the molecule is COC(=O)c1cc(=O)n2c(Br)cnc2[nH]1. The summed E-state index contributed by atoms with van der Waals surface area (Å²) in [4.78, 5) is 29.3. The van der Waals surface area contributed by atoms with Crippen molar-refractivity contribution in [3.05, 3.63) is 32.9 Å². The Kier molecular flexibility index (Phi) is 2.31. The lowest BCUT2D eigenvalue weighted by Gasteiger charge is -1.99. The third-order valence-electron chi connectivity index (χ3n) is 1.86. The van der Waals surface area contributed by atoms with Crippen LogP contribution < -0.4 is 5.56 Å². The number of aromatic nitrogens is 3. The van der Waals surface area contributed by atoms with Gasteiger partial charge in [0.05, 0.1) is 13.3 Å². The molecule has 2 heterocycles. The summed E-state index contributed by atoms with van der Waals surface area (Å²) in [5.74, 6) is -0.316. The zero-order valence-corrected chi connectivity index (χ0v) is 9.24. The maximum Gasteiger partial charge on any atom is 0.354 e. The number of imidazole rings is 1. The number of rotatable bonds is 1. The molecule has 0 aromatic carbocycles. The quantitative estimate of drug-likeness (QED) is 0.770. The zero-order valence-electron chi connectivity index (χ0n) is 7.65. The highest BCUT2D eigenvalue weighted by Gasteiger charge is 2.11. The zero-order chi connectivity index (χ0) is 11.0. The van der Waals surface area contributed by atoms with E-state index in [0.717, 1.165) is 6.07 Å². The number of methoxy groups -OCH3 is 1. The van der Waals surface area contributed by atoms with Crippen molar-refractivity contribution in [2.75, 3.05) is 7.11 Å². The summed E-state index contributed by atoms with van der Waals surface area (Å²) >= 11 is 3.16. The predicted molar refractivity (Wildman–Crippen MR) is 54.9 cm³/mol. The van der Waals surface area contributed by atoms with Crippen molar-refractivity contribution >= 4 is 27.7 Å². The van der Waals surface area contributed by atoms with Crippen LogP contribution in [0.25, 0.3) is 5.78 Å². The molecule has 0 aliphatic rings. The van der Waals surface area contributed by atoms with Gasteiger partial charge in [-0.2, -0.15) is 0 Å². The molecule has 7 heteroatoms. The minimum atomic E-state index is -0.603. The van der Waals surface area contributed by atoms with Crippen molar-refractivity contribution in [2.24, 2.45) is 0 Å². The molecule has 6 nitrogen and oxygen atoms in total. The van der Waals surface area contributed by atoms with Crippen molar-refractivity contribution in [3.8, 4) is 0 Å². The van der Waals surface area contributed by atoms with E-state index in [9.17, 15) is 9.59 Å². The van der Waals surface area contributed by atoms with Gasteiger partial charge in [-0.25, -0.2) is 14.2 Å². The first kappa shape index (κ1) is 9.91. The molecule has 2 aromatic rings. The Hall–Kier alpha value is -1.63. The molecule has 0 atom stereocenters. The standard InChI is InChI=1S/C8H6BrN3O3/c1-15-7(14)4-2-6(13)12-5(9)3-10-8(12)11-4/h2-3H,1H3,(H,10,11). The number of carbonyl (C=O) groups excluding carboxylic acids is 1. The smallest absolute Gasteiger partial charge is 0.354 e. The Morgan fingerprint density at radius 3 is 3.07 bits per heavy atom. The largest absolute Gasteiger partial charge is 0.464 e. The molecule has 0 radical (unpaired) electrons. The first-order valence-corrected chi connectivity index (χ1v) is 4.77. The van der Waals surface area contributed by atoms with Crippen LogP contribution in [0.4, 0.5) is 0 Å². The van der Waals surface area contributed by atoms with Crippen LogP contribution in [-0.4, -0.2) is 27.4 Å². The van der Waals surface area contributed by atoms with Gasteiger partial charge in [-0.1, -0.05) is 0 Å². The fourth-order valence-corrected chi connectivity index (χ4v) is 1.64. The van der Waals surface area contributed by atoms with Crippen LogP contribution >= 0.6 is 15.9 Å². The molecule has 2 aromatic heterocycles. The molecular weight excluding hydrogens is 266 g/mol. The van der Waals surface area contributed by atoms with Crippen molar-refractivity contribution in [1.29, 1.82) is 0 Å². The minimum absolute atomic E-state index is 0.0769. The Morgan fingerprint density at radius 1 is 1.67 bits per heavy atom. The number of carbonyl (C=O) groups is 1. The second-order valence-electron chi connectivity index (χ2n) is 2.75. The summed E-state index contributed by atoms with van der Waals surface area (Å²) in [5, 5.41) is 0. The number of halogens is 1. The van der Waals surface area contributed by atoms with Gasteiger partial charge >= 0.3 is 5.97 Å². The van der Waals surface area contributed by atoms with Gasteiger partial charge in [0, 0.05) is 6.07 Å². The van der Waals surface area contributed by atoms with E-state index in [1.807, 2.05) is 0 Å². The first-order valence-electron chi connectivity index (χ1n) is 3.98. The molecular formula is C8H6BrN3O3. The number of H-pyrrole nitrogens is 1. The molecule has 0 aliphatic carbocycles. The third kappa shape index (κ3) is 1.54. The molecule has 0 fully saturated rings. The minimum Gasteiger partial charge on any atom is -0.464 e. The molecule has 0 saturated heterocycles. The number of hydrogen-bond donors (Lipinski definition) is 1. The number of nitrogens with zero attached hydrogens (tertiary/aromatic N) is 2. The van der Waals surface area contributed by atoms with Crippen LogP contribution in [-0.2, 0) is 4.74 Å². The second kappa shape index (κ2) is 3.50. The number of aromatic amines is 1. The summed E-state index contributed by atoms with van der Waals surface area (Å²) in [6.45, 7) is 0. The van der Waals surface area contributed by atoms with Crippen LogP contribution in [0, 0.1) is 0 Å². The maximum absolute atomic E-state index is 11.6. The van der Waals surface area contributed by atoms with E-state index in [2.05, 4.69) is 30.6 Å². The van der Waals surface area contributed by atoms with Gasteiger partial charge in [-0.05, 0) is 15.9 Å². The number of esters is 1. The fourth-order valence-electron chi connectivity index (χ4n) is 1.19. The molecule has 2 rings (SSSR count). The summed E-state index contributed by atoms with van der Waals surface area (Å²) in [7, 11) is 1.24. The van der Waals surface area contributed by atoms with Gasteiger partial charge in [0.25, 0.3) is 5.56 Å². The number of nitrogens with one attached hydrogen (secondary N) is 1. The monoisotopic (exact) mass is 271 g/mol. The topological polar surface area (TPSA) is 76.5 Å². The van der Waals surface area contributed by atoms with Gasteiger partial charge < -0.3 is 9.72 Å². The van der Waals surface area contributed by atoms with Gasteiger partial charge in [0.2, 0.25) is 5.78 Å². The summed E-state index contributed by atoms with van der Waals surface area (Å²) < 4.78 is 6.31. The van der Waals surface area contributed by atoms with Crippen molar-refractivity contribution in [3.63, 3.8) is 0 Å². The molecule has 0 amide bonds. The normalized spacial score (nSPS) is 10.5. The van der Waals surface area contributed by atoms with E-state index in [-0.39, 0.29) is 17.0 Å². The second-order valence-corrected chi connectivity index (χ2v) is 3.57. The van der Waals surface area contributed by atoms with E-state index in [4.69, 9.17) is 0 Å². The van der Waals surface area contributed by atoms with Crippen molar-refractivity contribution in [2.45, 2.75) is 0 Å². The number of ether oxygens (including phenoxy) is 1. The lowest BCUT2D eigenvalue weighted by Crippen LogP contribution is -2.17. The summed E-state index contributed by atoms with van der Waals surface area (Å²) in [5.41, 5.74) is -0.276. The van der Waals surface area contributed by atoms with Crippen LogP contribution in [0.2, 0.25) is 0 Å². The molecule has 78 valence electrons. The van der Waals surface area contributed by atoms with Gasteiger partial charge in [0.1, 0.15) is 10.3 Å². The molecule has 0 spiro atoms. The molecule has 0 aliphatic heterocycles. The van der Waals surface area contributed by atoms with Gasteiger partial charge in [-0.3, -0.25) is 4.79 Å². The van der Waals surface area contributed by atoms with E-state index >= 15 is 0 Å². The van der Waals surface area contributed by atoms with Crippen LogP contribution in [0.15, 0.2) is 21.7 Å². The predicted octanol–water partition coefficient (Wildman–Crippen LogP) is 0.572. The van der Waals surface area contributed by atoms with Crippen LogP contribution in [0.1, 0.15) is 10.5 Å². The maximum atomic E-state index is 11.6. The average Bonchev–Trinajstić information content (AvgIpc) is 2.59. The summed E-state index contributed by atoms with van der Waals surface area (Å²) in [6, 6.07) is 1.16. The fraction of sp³-hybridized carbons (Fsp3) is 0.125. The molecule has 15 heavy (non-hydrogen) atoms. The van der Waals surface area contributed by atoms with Gasteiger partial charge in [-0.15, -0.1) is 0 Å². The summed E-state index contributed by atoms with van der Waals surface area (Å²) in [6.07, 6.45) is 1.47. The molecule has 0 unspecified atom stereocenters. The van der Waals surface area contributed by atoms with E-state index in [1.165, 1.54) is 17.7 Å². The van der Waals surface area contributed by atoms with E-state index < -0.39 is 5.97 Å². The van der Waals surface area contributed by atoms with Crippen LogP contribution in [0.3, 0.4) is 0 Å². The molecule has 0 bridgehead atoms. The van der Waals surface area contributed by atoms with E-state index in [1.54, 1.807) is 0 Å². The Labute approximate surface area is 92.0 Å². The molecule has 1 N–H and O–H groups in total. The Balaban J connectivity index is 2.74. The molecule has 0 saturated carbocycles. The lowest BCUT2D eigenvalue weighted by molar-refractivity contribution is 0.0594. The highest BCUT2D eigenvalue weighted by molar-refractivity contribution is 9.10. The van der Waals surface area contributed by atoms with Crippen LogP contribution in [0.5, 0.6) is 0 Å². The Morgan fingerprint density at radius 2 is 2.40 bits per heavy atom. The van der Waals surface area contributed by atoms with Crippen molar-refractivity contribution in [1.82, 2.24) is 14.4 Å². The average molecular weight is 272 g/mol. The van der Waals surface area contributed by atoms with Gasteiger partial charge in [0.15, 0.2) is 0 Å². The lowest BCUT2D eigenvalue weighted by atomic mass is 10.4. The van der Waals surface area contributed by atoms with E-state index in [0.29, 0.717) is 4.60 Å². The number of hydrogen-bond acceptors (Lipinski definition) is 4. The Bertz CT molecular complexity index is 586. The third-order valence-corrected chi connectivity index (χ3v) is 2.42. The van der Waals surface area contributed by atoms with Crippen molar-refractivity contribution < 1.29 is 9.53 Å². The first-order chi connectivity index (χ1) is 7.13.